The van der Waals surface area contributed by atoms with Crippen LogP contribution in [0.2, 0.25) is 0 Å². The first kappa shape index (κ1) is 14.1. The Morgan fingerprint density at radius 2 is 2.05 bits per heavy atom. The van der Waals surface area contributed by atoms with E-state index < -0.39 is 15.7 Å². The van der Waals surface area contributed by atoms with Crippen molar-refractivity contribution in [2.45, 2.75) is 11.8 Å². The Morgan fingerprint density at radius 3 is 2.60 bits per heavy atom. The van der Waals surface area contributed by atoms with Crippen molar-refractivity contribution in [3.8, 4) is 0 Å². The zero-order chi connectivity index (χ0) is 14.9. The lowest BCUT2D eigenvalue weighted by Crippen LogP contribution is -2.14. The molecule has 0 saturated heterocycles. The number of sulfone groups is 1. The number of H-pyrrole nitrogens is 1. The number of rotatable bonds is 3. The van der Waals surface area contributed by atoms with E-state index in [0.717, 1.165) is 11.8 Å². The third-order valence-corrected chi connectivity index (χ3v) is 3.78. The maximum Gasteiger partial charge on any atom is 0.256 e. The zero-order valence-electron chi connectivity index (χ0n) is 11.0. The monoisotopic (exact) mass is 294 g/mol. The van der Waals surface area contributed by atoms with Gasteiger partial charge in [0.05, 0.1) is 11.1 Å². The van der Waals surface area contributed by atoms with E-state index >= 15 is 0 Å². The number of amides is 1. The normalized spacial score (nSPS) is 11.3. The minimum atomic E-state index is -3.43. The van der Waals surface area contributed by atoms with Crippen molar-refractivity contribution in [2.75, 3.05) is 17.3 Å². The summed E-state index contributed by atoms with van der Waals surface area (Å²) < 4.78 is 23.1. The van der Waals surface area contributed by atoms with Crippen LogP contribution in [-0.2, 0) is 9.84 Å². The predicted octanol–water partition coefficient (Wildman–Crippen LogP) is 0.956. The molecule has 0 bridgehead atoms. The standard InChI is InChI=1S/C12H14N4O3S/c1-7-6-14-16-11(7)15-12(17)8-3-9(13)5-10(4-8)20(2,18)19/h3-6H,13H2,1-2H3,(H2,14,15,16,17). The minimum absolute atomic E-state index is 0.00369. The smallest absolute Gasteiger partial charge is 0.256 e. The molecule has 0 spiro atoms. The fraction of sp³-hybridized carbons (Fsp3) is 0.167. The molecular weight excluding hydrogens is 280 g/mol. The molecule has 0 radical (unpaired) electrons. The van der Waals surface area contributed by atoms with Crippen LogP contribution in [-0.4, -0.2) is 30.8 Å². The summed E-state index contributed by atoms with van der Waals surface area (Å²) in [7, 11) is -3.43. The molecule has 2 rings (SSSR count). The second-order valence-electron chi connectivity index (χ2n) is 4.45. The average molecular weight is 294 g/mol. The van der Waals surface area contributed by atoms with Crippen molar-refractivity contribution in [1.82, 2.24) is 10.2 Å². The first-order chi connectivity index (χ1) is 9.27. The van der Waals surface area contributed by atoms with E-state index in [2.05, 4.69) is 15.5 Å². The molecule has 0 unspecified atom stereocenters. The number of nitrogens with zero attached hydrogens (tertiary/aromatic N) is 1. The third kappa shape index (κ3) is 2.97. The van der Waals surface area contributed by atoms with Gasteiger partial charge in [-0.25, -0.2) is 8.42 Å². The number of benzene rings is 1. The summed E-state index contributed by atoms with van der Waals surface area (Å²) in [6.45, 7) is 1.78. The van der Waals surface area contributed by atoms with E-state index in [1.165, 1.54) is 18.2 Å². The van der Waals surface area contributed by atoms with Gasteiger partial charge in [-0.1, -0.05) is 0 Å². The molecule has 1 aromatic heterocycles. The number of hydrogen-bond acceptors (Lipinski definition) is 5. The molecule has 0 aliphatic carbocycles. The molecule has 7 nitrogen and oxygen atoms in total. The summed E-state index contributed by atoms with van der Waals surface area (Å²) in [5, 5.41) is 9.02. The van der Waals surface area contributed by atoms with Gasteiger partial charge in [0.2, 0.25) is 0 Å². The number of hydrogen-bond donors (Lipinski definition) is 3. The number of carbonyl (C=O) groups is 1. The van der Waals surface area contributed by atoms with E-state index in [9.17, 15) is 13.2 Å². The van der Waals surface area contributed by atoms with E-state index in [4.69, 9.17) is 5.73 Å². The number of nitrogens with one attached hydrogen (secondary N) is 2. The highest BCUT2D eigenvalue weighted by molar-refractivity contribution is 7.90. The molecule has 0 atom stereocenters. The maximum absolute atomic E-state index is 12.1. The second-order valence-corrected chi connectivity index (χ2v) is 6.46. The summed E-state index contributed by atoms with van der Waals surface area (Å²) >= 11 is 0. The fourth-order valence-electron chi connectivity index (χ4n) is 1.63. The Bertz CT molecular complexity index is 765. The fourth-order valence-corrected chi connectivity index (χ4v) is 2.32. The largest absolute Gasteiger partial charge is 0.399 e. The van der Waals surface area contributed by atoms with Crippen molar-refractivity contribution in [3.05, 3.63) is 35.5 Å². The number of aromatic amines is 1. The lowest BCUT2D eigenvalue weighted by molar-refractivity contribution is 0.102. The summed E-state index contributed by atoms with van der Waals surface area (Å²) in [5.74, 6) is -0.00659. The second kappa shape index (κ2) is 4.97. The SMILES string of the molecule is Cc1cn[nH]c1NC(=O)c1cc(N)cc(S(C)(=O)=O)c1. The number of aryl methyl sites for hydroxylation is 1. The predicted molar refractivity (Wildman–Crippen MR) is 75.2 cm³/mol. The molecule has 20 heavy (non-hydrogen) atoms. The summed E-state index contributed by atoms with van der Waals surface area (Å²) in [5.41, 5.74) is 6.78. The van der Waals surface area contributed by atoms with Crippen LogP contribution in [0, 0.1) is 6.92 Å². The van der Waals surface area contributed by atoms with Crippen LogP contribution in [0.4, 0.5) is 11.5 Å². The Hall–Kier alpha value is -2.35. The molecule has 0 aliphatic rings. The van der Waals surface area contributed by atoms with Crippen LogP contribution in [0.5, 0.6) is 0 Å². The molecule has 1 heterocycles. The van der Waals surface area contributed by atoms with Crippen LogP contribution in [0.3, 0.4) is 0 Å². The van der Waals surface area contributed by atoms with Crippen molar-refractivity contribution >= 4 is 27.2 Å². The van der Waals surface area contributed by atoms with Gasteiger partial charge in [-0.2, -0.15) is 5.10 Å². The molecule has 1 aromatic carbocycles. The van der Waals surface area contributed by atoms with Gasteiger partial charge in [-0.3, -0.25) is 9.89 Å². The van der Waals surface area contributed by atoms with Gasteiger partial charge in [-0.15, -0.1) is 0 Å². The number of anilines is 2. The van der Waals surface area contributed by atoms with Crippen LogP contribution in [0.25, 0.3) is 0 Å². The number of aromatic nitrogens is 2. The van der Waals surface area contributed by atoms with Gasteiger partial charge in [0, 0.05) is 23.1 Å². The summed E-state index contributed by atoms with van der Waals surface area (Å²) in [6.07, 6.45) is 2.62. The van der Waals surface area contributed by atoms with Gasteiger partial charge in [0.25, 0.3) is 5.91 Å². The minimum Gasteiger partial charge on any atom is -0.399 e. The van der Waals surface area contributed by atoms with Crippen LogP contribution < -0.4 is 11.1 Å². The topological polar surface area (TPSA) is 118 Å². The van der Waals surface area contributed by atoms with Crippen LogP contribution >= 0.6 is 0 Å². The van der Waals surface area contributed by atoms with E-state index in [1.807, 2.05) is 0 Å². The maximum atomic E-state index is 12.1. The van der Waals surface area contributed by atoms with Gasteiger partial charge in [0.1, 0.15) is 5.82 Å². The first-order valence-corrected chi connectivity index (χ1v) is 7.58. The highest BCUT2D eigenvalue weighted by Gasteiger charge is 2.14. The van der Waals surface area contributed by atoms with Gasteiger partial charge < -0.3 is 11.1 Å². The van der Waals surface area contributed by atoms with Crippen molar-refractivity contribution in [1.29, 1.82) is 0 Å². The van der Waals surface area contributed by atoms with E-state index in [1.54, 1.807) is 13.1 Å². The van der Waals surface area contributed by atoms with Gasteiger partial charge in [0.15, 0.2) is 9.84 Å². The quantitative estimate of drug-likeness (QED) is 0.728. The van der Waals surface area contributed by atoms with Gasteiger partial charge >= 0.3 is 0 Å². The van der Waals surface area contributed by atoms with E-state index in [0.29, 0.717) is 5.82 Å². The van der Waals surface area contributed by atoms with Crippen molar-refractivity contribution in [3.63, 3.8) is 0 Å². The lowest BCUT2D eigenvalue weighted by atomic mass is 10.2. The Morgan fingerprint density at radius 1 is 1.35 bits per heavy atom. The van der Waals surface area contributed by atoms with Crippen molar-refractivity contribution < 1.29 is 13.2 Å². The Kier molecular flexibility index (Phi) is 3.49. The highest BCUT2D eigenvalue weighted by atomic mass is 32.2. The van der Waals surface area contributed by atoms with Crippen LogP contribution in [0.1, 0.15) is 15.9 Å². The van der Waals surface area contributed by atoms with Crippen molar-refractivity contribution in [2.24, 2.45) is 0 Å². The van der Waals surface area contributed by atoms with E-state index in [-0.39, 0.29) is 16.1 Å². The highest BCUT2D eigenvalue weighted by Crippen LogP contribution is 2.18. The molecule has 8 heteroatoms. The molecule has 0 fully saturated rings. The molecule has 106 valence electrons. The molecule has 1 amide bonds. The first-order valence-electron chi connectivity index (χ1n) is 5.69. The number of nitrogen functional groups attached to an aromatic ring is 1. The number of nitrogens with two attached hydrogens (primary N) is 1. The van der Waals surface area contributed by atoms with Crippen LogP contribution in [0.15, 0.2) is 29.3 Å². The third-order valence-electron chi connectivity index (χ3n) is 2.69. The molecule has 0 aliphatic heterocycles. The molecule has 2 aromatic rings. The molecule has 4 N–H and O–H groups in total. The molecular formula is C12H14N4O3S. The average Bonchev–Trinajstić information content (AvgIpc) is 2.73. The Balaban J connectivity index is 2.36. The zero-order valence-corrected chi connectivity index (χ0v) is 11.8. The van der Waals surface area contributed by atoms with Gasteiger partial charge in [-0.05, 0) is 25.1 Å². The summed E-state index contributed by atoms with van der Waals surface area (Å²) in [4.78, 5) is 12.1. The molecule has 0 saturated carbocycles. The summed E-state index contributed by atoms with van der Waals surface area (Å²) in [6, 6.07) is 4.01. The lowest BCUT2D eigenvalue weighted by Gasteiger charge is -2.07. The number of carbonyl (C=O) groups excluding carboxylic acids is 1. The Labute approximate surface area is 116 Å².